The highest BCUT2D eigenvalue weighted by Gasteiger charge is 2.21. The molecule has 2 aliphatic heterocycles. The van der Waals surface area contributed by atoms with Crippen LogP contribution in [0.25, 0.3) is 0 Å². The monoisotopic (exact) mass is 582 g/mol. The Morgan fingerprint density at radius 3 is 1.73 bits per heavy atom. The average molecular weight is 583 g/mol. The average Bonchev–Trinajstić information content (AvgIpc) is 3.02. The quantitative estimate of drug-likeness (QED) is 0.249. The highest BCUT2D eigenvalue weighted by molar-refractivity contribution is 7.80. The van der Waals surface area contributed by atoms with Crippen molar-refractivity contribution < 1.29 is 0 Å². The second-order valence-electron chi connectivity index (χ2n) is 9.73. The summed E-state index contributed by atoms with van der Waals surface area (Å²) in [4.78, 5) is 12.2. The van der Waals surface area contributed by atoms with Crippen molar-refractivity contribution in [2.45, 2.75) is 6.92 Å². The Kier molecular flexibility index (Phi) is 10.3. The predicted octanol–water partition coefficient (Wildman–Crippen LogP) is 4.83. The van der Waals surface area contributed by atoms with Gasteiger partial charge >= 0.3 is 0 Å². The van der Waals surface area contributed by atoms with E-state index in [0.717, 1.165) is 63.7 Å². The molecule has 3 N–H and O–H groups in total. The van der Waals surface area contributed by atoms with Crippen molar-refractivity contribution in [1.29, 1.82) is 10.5 Å². The smallest absolute Gasteiger partial charge is 0.123 e. The first-order valence-electron chi connectivity index (χ1n) is 13.6. The summed E-state index contributed by atoms with van der Waals surface area (Å²) < 4.78 is 0.514. The van der Waals surface area contributed by atoms with E-state index in [9.17, 15) is 5.26 Å². The highest BCUT2D eigenvalue weighted by atomic mass is 32.1. The summed E-state index contributed by atoms with van der Waals surface area (Å²) in [6, 6.07) is 27.0. The SMILES string of the molecule is C/C(=C(\C#N)C(N)=S)N1CCN(c2ccccc2)CC1.N#Cc1c(N2CCN(c3ccccc3)CC2)cc[nH]c1=S. The highest BCUT2D eigenvalue weighted by Crippen LogP contribution is 2.23. The number of thiocarbonyl (C=S) groups is 1. The van der Waals surface area contributed by atoms with Gasteiger partial charge in [0, 0.05) is 75.6 Å². The lowest BCUT2D eigenvalue weighted by molar-refractivity contribution is 0.321. The van der Waals surface area contributed by atoms with Crippen molar-refractivity contribution in [1.82, 2.24) is 9.88 Å². The molecule has 0 bridgehead atoms. The number of hydrogen-bond acceptors (Lipinski definition) is 8. The molecular formula is C31H34N8S2. The second-order valence-corrected chi connectivity index (χ2v) is 10.6. The van der Waals surface area contributed by atoms with Crippen molar-refractivity contribution in [2.24, 2.45) is 5.73 Å². The van der Waals surface area contributed by atoms with Crippen molar-refractivity contribution in [3.05, 3.63) is 94.4 Å². The van der Waals surface area contributed by atoms with Crippen molar-refractivity contribution >= 4 is 46.5 Å². The first kappa shape index (κ1) is 29.6. The van der Waals surface area contributed by atoms with Gasteiger partial charge in [-0.05, 0) is 37.3 Å². The van der Waals surface area contributed by atoms with Gasteiger partial charge in [0.25, 0.3) is 0 Å². The van der Waals surface area contributed by atoms with Crippen LogP contribution in [0.5, 0.6) is 0 Å². The molecule has 0 radical (unpaired) electrons. The molecule has 0 saturated carbocycles. The van der Waals surface area contributed by atoms with E-state index in [-0.39, 0.29) is 4.99 Å². The third-order valence-electron chi connectivity index (χ3n) is 7.39. The number of rotatable bonds is 5. The number of nitrogens with zero attached hydrogens (tertiary/aromatic N) is 6. The van der Waals surface area contributed by atoms with E-state index < -0.39 is 0 Å². The lowest BCUT2D eigenvalue weighted by atomic mass is 10.2. The topological polar surface area (TPSA) is 102 Å². The number of H-pyrrole nitrogens is 1. The Labute approximate surface area is 252 Å². The Morgan fingerprint density at radius 1 is 0.780 bits per heavy atom. The minimum absolute atomic E-state index is 0.176. The predicted molar refractivity (Wildman–Crippen MR) is 173 cm³/mol. The summed E-state index contributed by atoms with van der Waals surface area (Å²) in [6.07, 6.45) is 1.81. The molecule has 0 amide bonds. The Bertz CT molecular complexity index is 1490. The lowest BCUT2D eigenvalue weighted by Crippen LogP contribution is -2.46. The molecule has 210 valence electrons. The molecule has 0 spiro atoms. The third-order valence-corrected chi connectivity index (χ3v) is 7.91. The number of nitriles is 2. The normalized spacial score (nSPS) is 15.6. The molecule has 5 rings (SSSR count). The number of allylic oxidation sites excluding steroid dienone is 1. The zero-order valence-electron chi connectivity index (χ0n) is 23.2. The number of anilines is 3. The van der Waals surface area contributed by atoms with Gasteiger partial charge in [-0.25, -0.2) is 0 Å². The number of nitrogens with two attached hydrogens (primary N) is 1. The summed E-state index contributed by atoms with van der Waals surface area (Å²) in [7, 11) is 0. The number of piperazine rings is 2. The fraction of sp³-hybridized carbons (Fsp3) is 0.290. The maximum atomic E-state index is 9.29. The molecule has 3 heterocycles. The molecule has 2 aliphatic rings. The van der Waals surface area contributed by atoms with E-state index >= 15 is 0 Å². The van der Waals surface area contributed by atoms with Crippen LogP contribution < -0.4 is 20.4 Å². The number of benzene rings is 2. The second kappa shape index (κ2) is 14.3. The van der Waals surface area contributed by atoms with Gasteiger partial charge in [0.05, 0.1) is 5.69 Å². The fourth-order valence-electron chi connectivity index (χ4n) is 5.10. The molecule has 41 heavy (non-hydrogen) atoms. The van der Waals surface area contributed by atoms with E-state index in [1.165, 1.54) is 11.4 Å². The van der Waals surface area contributed by atoms with Gasteiger partial charge < -0.3 is 30.3 Å². The molecule has 8 nitrogen and oxygen atoms in total. The van der Waals surface area contributed by atoms with Crippen LogP contribution in [0, 0.1) is 27.3 Å². The van der Waals surface area contributed by atoms with E-state index in [1.54, 1.807) is 0 Å². The molecule has 2 aromatic carbocycles. The van der Waals surface area contributed by atoms with Gasteiger partial charge in [0.15, 0.2) is 0 Å². The van der Waals surface area contributed by atoms with Gasteiger partial charge in [-0.3, -0.25) is 0 Å². The largest absolute Gasteiger partial charge is 0.389 e. The van der Waals surface area contributed by atoms with E-state index in [1.807, 2.05) is 43.5 Å². The molecule has 0 aliphatic carbocycles. The Morgan fingerprint density at radius 2 is 1.27 bits per heavy atom. The van der Waals surface area contributed by atoms with Crippen molar-refractivity contribution in [2.75, 3.05) is 67.1 Å². The first-order chi connectivity index (χ1) is 19.9. The number of hydrogen-bond donors (Lipinski definition) is 2. The van der Waals surface area contributed by atoms with E-state index in [2.05, 4.69) is 73.1 Å². The Balaban J connectivity index is 0.000000189. The summed E-state index contributed by atoms with van der Waals surface area (Å²) in [6.45, 7) is 9.18. The summed E-state index contributed by atoms with van der Waals surface area (Å²) in [5, 5.41) is 18.4. The van der Waals surface area contributed by atoms with Crippen molar-refractivity contribution in [3.63, 3.8) is 0 Å². The first-order valence-corrected chi connectivity index (χ1v) is 14.4. The fourth-order valence-corrected chi connectivity index (χ4v) is 5.51. The number of aromatic nitrogens is 1. The molecular weight excluding hydrogens is 549 g/mol. The zero-order chi connectivity index (χ0) is 29.2. The molecule has 2 fully saturated rings. The van der Waals surface area contributed by atoms with Gasteiger partial charge in [0.1, 0.15) is 32.9 Å². The molecule has 10 heteroatoms. The molecule has 3 aromatic rings. The van der Waals surface area contributed by atoms with Crippen LogP contribution >= 0.6 is 24.4 Å². The van der Waals surface area contributed by atoms with Gasteiger partial charge in [-0.15, -0.1) is 0 Å². The standard InChI is InChI=1S/C16H16N4S.C15H18N4S/c17-12-14-15(6-7-18-16(14)21)20-10-8-19(9-11-20)13-4-2-1-3-5-13;1-12(14(11-16)15(17)20)18-7-9-19(10-8-18)13-5-3-2-4-6-13/h1-7H,8-11H2,(H,18,21);2-6H,7-10H2,1H3,(H2,17,20)/b;14-12-. The van der Waals surface area contributed by atoms with Crippen molar-refractivity contribution in [3.8, 4) is 12.1 Å². The number of pyridine rings is 1. The Hall–Kier alpha value is -4.38. The van der Waals surface area contributed by atoms with E-state index in [0.29, 0.717) is 15.8 Å². The maximum Gasteiger partial charge on any atom is 0.123 e. The van der Waals surface area contributed by atoms with E-state index in [4.69, 9.17) is 35.4 Å². The lowest BCUT2D eigenvalue weighted by Gasteiger charge is -2.38. The summed E-state index contributed by atoms with van der Waals surface area (Å²) >= 11 is 10.1. The van der Waals surface area contributed by atoms with Crippen LogP contribution in [0.3, 0.4) is 0 Å². The molecule has 1 aromatic heterocycles. The zero-order valence-corrected chi connectivity index (χ0v) is 24.8. The molecule has 0 unspecified atom stereocenters. The third kappa shape index (κ3) is 7.43. The van der Waals surface area contributed by atoms with Crippen LogP contribution in [0.4, 0.5) is 17.1 Å². The summed E-state index contributed by atoms with van der Waals surface area (Å²) in [5.74, 6) is 0. The van der Waals surface area contributed by atoms with Gasteiger partial charge in [-0.1, -0.05) is 60.8 Å². The minimum Gasteiger partial charge on any atom is -0.389 e. The number of para-hydroxylation sites is 2. The maximum absolute atomic E-state index is 9.29. The van der Waals surface area contributed by atoms with Gasteiger partial charge in [0.2, 0.25) is 0 Å². The van der Waals surface area contributed by atoms with Crippen LogP contribution in [0.2, 0.25) is 0 Å². The molecule has 0 atom stereocenters. The summed E-state index contributed by atoms with van der Waals surface area (Å²) in [5.41, 5.74) is 10.9. The van der Waals surface area contributed by atoms with Crippen LogP contribution in [-0.4, -0.2) is 67.2 Å². The molecule has 2 saturated heterocycles. The minimum atomic E-state index is 0.176. The van der Waals surface area contributed by atoms with Gasteiger partial charge in [-0.2, -0.15) is 10.5 Å². The van der Waals surface area contributed by atoms with Crippen LogP contribution in [0.15, 0.2) is 84.2 Å². The number of aromatic amines is 1. The van der Waals surface area contributed by atoms with Crippen LogP contribution in [-0.2, 0) is 0 Å². The van der Waals surface area contributed by atoms with Crippen LogP contribution in [0.1, 0.15) is 12.5 Å². The number of nitrogens with one attached hydrogen (secondary N) is 1.